The van der Waals surface area contributed by atoms with E-state index in [0.717, 1.165) is 72.1 Å². The summed E-state index contributed by atoms with van der Waals surface area (Å²) in [5, 5.41) is 18.3. The van der Waals surface area contributed by atoms with E-state index in [9.17, 15) is 0 Å². The summed E-state index contributed by atoms with van der Waals surface area (Å²) in [5.41, 5.74) is 24.2. The van der Waals surface area contributed by atoms with E-state index >= 15 is 0 Å². The van der Waals surface area contributed by atoms with Crippen molar-refractivity contribution in [2.45, 2.75) is 156 Å². The fraction of sp³-hybridized carbons (Fsp3) is 0.351. The van der Waals surface area contributed by atoms with E-state index in [2.05, 4.69) is 251 Å². The van der Waals surface area contributed by atoms with E-state index < -0.39 is 0 Å². The Bertz CT molecular complexity index is 3040. The first kappa shape index (κ1) is 63.9. The molecular formula is C74H90N6Zr-. The Labute approximate surface area is 508 Å². The molecule has 81 heavy (non-hydrogen) atoms. The Morgan fingerprint density at radius 2 is 0.889 bits per heavy atom. The third kappa shape index (κ3) is 14.5. The normalized spacial score (nSPS) is 13.4. The number of nitrogens with zero attached hydrogens (tertiary/aromatic N) is 4. The third-order valence-corrected chi connectivity index (χ3v) is 15.8. The summed E-state index contributed by atoms with van der Waals surface area (Å²) in [6, 6.07) is 56.8. The minimum atomic E-state index is -0.211. The second-order valence-corrected chi connectivity index (χ2v) is 23.5. The molecule has 0 saturated heterocycles. The van der Waals surface area contributed by atoms with Crippen LogP contribution in [0, 0.1) is 14.9 Å². The number of fused-ring (bicyclic) bond motifs is 2. The van der Waals surface area contributed by atoms with Crippen LogP contribution in [0.15, 0.2) is 158 Å². The quantitative estimate of drug-likeness (QED) is 0.0945. The third-order valence-electron chi connectivity index (χ3n) is 15.8. The minimum Gasteiger partial charge on any atom is -0.684 e. The molecule has 0 amide bonds. The van der Waals surface area contributed by atoms with Crippen LogP contribution in [-0.2, 0) is 39.0 Å². The summed E-state index contributed by atoms with van der Waals surface area (Å²) < 4.78 is 0. The SMILES string of the molecule is CC(C)c1ccccc1[C@H](Nc1c(C(C)C)cccc1C(C)C)c1cccc(-c2cccc3c2NCCC3)n1.CC(C)c1ccccc1[C@H]([N-]c1c(C(C)C)cccc1C(C)C)c1cccc(-c2cccc3c2[N-]CCC3)n1.[CH3-].[CH3-].[Zr+3]. The van der Waals surface area contributed by atoms with Gasteiger partial charge in [-0.3, -0.25) is 9.97 Å². The van der Waals surface area contributed by atoms with Crippen LogP contribution < -0.4 is 10.6 Å². The summed E-state index contributed by atoms with van der Waals surface area (Å²) in [7, 11) is 0. The van der Waals surface area contributed by atoms with Crippen LogP contribution in [0.3, 0.4) is 0 Å². The Hall–Kier alpha value is -6.30. The van der Waals surface area contributed by atoms with Gasteiger partial charge in [0, 0.05) is 29.2 Å². The van der Waals surface area contributed by atoms with Gasteiger partial charge in [0.15, 0.2) is 0 Å². The molecule has 2 aliphatic rings. The van der Waals surface area contributed by atoms with Crippen molar-refractivity contribution < 1.29 is 26.2 Å². The predicted molar refractivity (Wildman–Crippen MR) is 346 cm³/mol. The summed E-state index contributed by atoms with van der Waals surface area (Å²) in [6.45, 7) is 29.2. The Morgan fingerprint density at radius 3 is 1.48 bits per heavy atom. The number of benzene rings is 6. The van der Waals surface area contributed by atoms with Gasteiger partial charge in [0.2, 0.25) is 0 Å². The van der Waals surface area contributed by atoms with Crippen molar-refractivity contribution in [3.63, 3.8) is 0 Å². The molecule has 0 fully saturated rings. The second-order valence-electron chi connectivity index (χ2n) is 23.5. The van der Waals surface area contributed by atoms with E-state index in [1.54, 1.807) is 0 Å². The molecular weight excluding hydrogens is 1060 g/mol. The number of anilines is 2. The topological polar surface area (TPSA) is 78.0 Å². The van der Waals surface area contributed by atoms with Crippen LogP contribution in [0.5, 0.6) is 0 Å². The fourth-order valence-electron chi connectivity index (χ4n) is 11.7. The fourth-order valence-corrected chi connectivity index (χ4v) is 11.7. The molecule has 2 N–H and O–H groups in total. The molecule has 0 aliphatic carbocycles. The molecule has 2 aliphatic heterocycles. The number of pyridine rings is 2. The molecule has 6 nitrogen and oxygen atoms in total. The van der Waals surface area contributed by atoms with E-state index in [4.69, 9.17) is 20.6 Å². The molecule has 2 aromatic heterocycles. The average molecular weight is 1150 g/mol. The maximum Gasteiger partial charge on any atom is 3.00 e. The van der Waals surface area contributed by atoms with Crippen LogP contribution in [0.25, 0.3) is 33.1 Å². The van der Waals surface area contributed by atoms with Gasteiger partial charge in [-0.25, -0.2) is 0 Å². The predicted octanol–water partition coefficient (Wildman–Crippen LogP) is 21.4. The van der Waals surface area contributed by atoms with Gasteiger partial charge in [-0.05, 0) is 124 Å². The van der Waals surface area contributed by atoms with Gasteiger partial charge in [-0.15, -0.1) is 17.9 Å². The number of aromatic nitrogens is 2. The van der Waals surface area contributed by atoms with Crippen LogP contribution in [0.4, 0.5) is 22.7 Å². The molecule has 8 aromatic rings. The molecule has 1 radical (unpaired) electrons. The van der Waals surface area contributed by atoms with E-state index in [-0.39, 0.29) is 53.1 Å². The molecule has 6 aromatic carbocycles. The molecule has 10 rings (SSSR count). The number of nitrogens with one attached hydrogen (secondary N) is 2. The first-order valence-corrected chi connectivity index (χ1v) is 29.2. The van der Waals surface area contributed by atoms with Crippen molar-refractivity contribution in [1.82, 2.24) is 9.97 Å². The number of para-hydroxylation sites is 4. The largest absolute Gasteiger partial charge is 3.00 e. The molecule has 0 bridgehead atoms. The first-order chi connectivity index (χ1) is 37.7. The zero-order valence-corrected chi connectivity index (χ0v) is 53.6. The van der Waals surface area contributed by atoms with Gasteiger partial charge in [0.25, 0.3) is 0 Å². The molecule has 0 spiro atoms. The van der Waals surface area contributed by atoms with E-state index in [0.29, 0.717) is 35.5 Å². The van der Waals surface area contributed by atoms with Gasteiger partial charge < -0.3 is 36.1 Å². The number of rotatable bonds is 16. The van der Waals surface area contributed by atoms with Crippen LogP contribution in [0.2, 0.25) is 0 Å². The second kappa shape index (κ2) is 29.1. The van der Waals surface area contributed by atoms with Crippen LogP contribution >= 0.6 is 0 Å². The maximum atomic E-state index is 5.62. The maximum absolute atomic E-state index is 5.62. The van der Waals surface area contributed by atoms with Gasteiger partial charge in [0.1, 0.15) is 0 Å². The minimum absolute atomic E-state index is 0. The van der Waals surface area contributed by atoms with Gasteiger partial charge in [0.05, 0.1) is 23.1 Å². The summed E-state index contributed by atoms with van der Waals surface area (Å²) in [5.74, 6) is 2.36. The van der Waals surface area contributed by atoms with Gasteiger partial charge in [-0.2, -0.15) is 0 Å². The van der Waals surface area contributed by atoms with E-state index in [1.165, 1.54) is 79.0 Å². The van der Waals surface area contributed by atoms with Crippen molar-refractivity contribution in [3.8, 4) is 22.5 Å². The van der Waals surface area contributed by atoms with Crippen molar-refractivity contribution >= 4 is 22.7 Å². The summed E-state index contributed by atoms with van der Waals surface area (Å²) >= 11 is 0. The molecule has 2 atom stereocenters. The average Bonchev–Trinajstić information content (AvgIpc) is 3.54. The molecule has 7 heteroatoms. The number of hydrogen-bond donors (Lipinski definition) is 2. The van der Waals surface area contributed by atoms with Crippen molar-refractivity contribution in [1.29, 1.82) is 0 Å². The monoisotopic (exact) mass is 1150 g/mol. The summed E-state index contributed by atoms with van der Waals surface area (Å²) in [4.78, 5) is 10.7. The van der Waals surface area contributed by atoms with Crippen LogP contribution in [-0.4, -0.2) is 23.1 Å². The molecule has 0 saturated carbocycles. The number of hydrogen-bond acceptors (Lipinski definition) is 4. The van der Waals surface area contributed by atoms with E-state index in [1.807, 2.05) is 0 Å². The van der Waals surface area contributed by atoms with Crippen molar-refractivity contribution in [3.05, 3.63) is 250 Å². The molecule has 4 heterocycles. The Morgan fingerprint density at radius 1 is 0.444 bits per heavy atom. The van der Waals surface area contributed by atoms with Crippen molar-refractivity contribution in [2.24, 2.45) is 0 Å². The Balaban J connectivity index is 0.000000252. The van der Waals surface area contributed by atoms with Gasteiger partial charge >= 0.3 is 26.2 Å². The molecule has 0 unspecified atom stereocenters. The standard InChI is InChI=1S/C36H43N3.C36H41N3.2CH3.Zr/c2*1-23(2)27-15-7-8-16-30(27)36(39-35-28(24(3)4)17-10-18-29(35)25(5)6)33-21-11-20-32(38-33)31-19-9-13-26-14-12-22-37-34(26)31;;;/h7-11,13,15-21,23-25,36-37,39H,12,14,22H2,1-6H3;7-11,13,15-21,23-25,36H,12,14,22H2,1-6H3;2*1H3;/q;-2;2*-1;+3/t2*36-;;;/m00.../s1. The molecule has 421 valence electrons. The first-order valence-electron chi connectivity index (χ1n) is 29.2. The van der Waals surface area contributed by atoms with Crippen LogP contribution in [0.1, 0.15) is 211 Å². The zero-order valence-electron chi connectivity index (χ0n) is 51.2. The smallest absolute Gasteiger partial charge is 0.684 e. The summed E-state index contributed by atoms with van der Waals surface area (Å²) in [6.07, 6.45) is 4.49. The van der Waals surface area contributed by atoms with Gasteiger partial charge in [-0.1, -0.05) is 245 Å². The number of aryl methyl sites for hydroxylation is 2. The zero-order chi connectivity index (χ0) is 55.0. The Kier molecular flexibility index (Phi) is 22.9. The van der Waals surface area contributed by atoms with Crippen molar-refractivity contribution in [2.75, 3.05) is 23.7 Å².